The van der Waals surface area contributed by atoms with Gasteiger partial charge in [0.2, 0.25) is 0 Å². The maximum absolute atomic E-state index is 10.3. The average Bonchev–Trinajstić information content (AvgIpc) is 2.53. The van der Waals surface area contributed by atoms with Gasteiger partial charge in [0.15, 0.2) is 0 Å². The molecule has 1 N–H and O–H groups in total. The summed E-state index contributed by atoms with van der Waals surface area (Å²) in [6.07, 6.45) is 2.71. The van der Waals surface area contributed by atoms with Crippen LogP contribution in [0.3, 0.4) is 0 Å². The molecule has 0 aliphatic heterocycles. The summed E-state index contributed by atoms with van der Waals surface area (Å²) in [7, 11) is 0. The number of fused-ring (bicyclic) bond motifs is 1. The van der Waals surface area contributed by atoms with E-state index in [1.54, 1.807) is 17.4 Å². The van der Waals surface area contributed by atoms with Crippen molar-refractivity contribution in [2.75, 3.05) is 0 Å². The third kappa shape index (κ3) is 2.22. The summed E-state index contributed by atoms with van der Waals surface area (Å²) in [5.41, 5.74) is 1.85. The molecule has 0 unspecified atom stereocenters. The Morgan fingerprint density at radius 2 is 2.33 bits per heavy atom. The molecule has 0 bridgehead atoms. The highest BCUT2D eigenvalue weighted by Gasteiger charge is 2.00. The van der Waals surface area contributed by atoms with E-state index in [2.05, 4.69) is 4.98 Å². The van der Waals surface area contributed by atoms with Crippen LogP contribution in [0.2, 0.25) is 0 Å². The highest BCUT2D eigenvalue weighted by Crippen LogP contribution is 2.22. The molecular formula is C11H9NO2S. The van der Waals surface area contributed by atoms with Gasteiger partial charge in [0, 0.05) is 6.08 Å². The van der Waals surface area contributed by atoms with Gasteiger partial charge in [-0.15, -0.1) is 11.3 Å². The number of nitrogens with zero attached hydrogens (tertiary/aromatic N) is 1. The number of aryl methyl sites for hydroxylation is 1. The van der Waals surface area contributed by atoms with Crippen LogP contribution in [0.25, 0.3) is 16.3 Å². The van der Waals surface area contributed by atoms with Crippen molar-refractivity contribution < 1.29 is 9.90 Å². The van der Waals surface area contributed by atoms with Gasteiger partial charge < -0.3 is 5.11 Å². The van der Waals surface area contributed by atoms with E-state index < -0.39 is 5.97 Å². The monoisotopic (exact) mass is 219 g/mol. The normalized spacial score (nSPS) is 11.3. The van der Waals surface area contributed by atoms with E-state index in [1.807, 2.05) is 25.1 Å². The fraction of sp³-hybridized carbons (Fsp3) is 0.0909. The SMILES string of the molecule is Cc1nc2ccc(/C=C\C(=O)O)cc2s1. The van der Waals surface area contributed by atoms with E-state index in [9.17, 15) is 4.79 Å². The number of carbonyl (C=O) groups is 1. The number of aromatic nitrogens is 1. The molecule has 1 heterocycles. The second-order valence-electron chi connectivity index (χ2n) is 3.13. The van der Waals surface area contributed by atoms with Crippen molar-refractivity contribution in [3.05, 3.63) is 34.8 Å². The zero-order chi connectivity index (χ0) is 10.8. The number of aliphatic carboxylic acids is 1. The standard InChI is InChI=1S/C11H9NO2S/c1-7-12-9-4-2-8(3-5-11(13)14)6-10(9)15-7/h2-6H,1H3,(H,13,14)/b5-3-. The van der Waals surface area contributed by atoms with Gasteiger partial charge in [-0.3, -0.25) is 0 Å². The van der Waals surface area contributed by atoms with Crippen molar-refractivity contribution in [1.29, 1.82) is 0 Å². The molecule has 2 rings (SSSR count). The Morgan fingerprint density at radius 3 is 3.07 bits per heavy atom. The van der Waals surface area contributed by atoms with Gasteiger partial charge in [-0.2, -0.15) is 0 Å². The van der Waals surface area contributed by atoms with E-state index in [0.29, 0.717) is 0 Å². The number of benzene rings is 1. The van der Waals surface area contributed by atoms with Gasteiger partial charge in [0.05, 0.1) is 15.2 Å². The number of hydrogen-bond acceptors (Lipinski definition) is 3. The Labute approximate surface area is 90.7 Å². The van der Waals surface area contributed by atoms with Crippen LogP contribution < -0.4 is 0 Å². The molecular weight excluding hydrogens is 210 g/mol. The first-order valence-corrected chi connectivity index (χ1v) is 5.25. The third-order valence-electron chi connectivity index (χ3n) is 1.94. The van der Waals surface area contributed by atoms with Gasteiger partial charge in [-0.05, 0) is 30.7 Å². The van der Waals surface area contributed by atoms with Crippen LogP contribution in [-0.4, -0.2) is 16.1 Å². The second-order valence-corrected chi connectivity index (χ2v) is 4.37. The van der Waals surface area contributed by atoms with Crippen LogP contribution in [0.5, 0.6) is 0 Å². The third-order valence-corrected chi connectivity index (χ3v) is 2.87. The number of thiazole rings is 1. The van der Waals surface area contributed by atoms with Gasteiger partial charge in [0.1, 0.15) is 0 Å². The lowest BCUT2D eigenvalue weighted by Gasteiger charge is -1.91. The highest BCUT2D eigenvalue weighted by molar-refractivity contribution is 7.18. The number of carboxylic acid groups (broad SMARTS) is 1. The molecule has 0 amide bonds. The molecule has 0 radical (unpaired) electrons. The Morgan fingerprint density at radius 1 is 1.53 bits per heavy atom. The molecule has 0 saturated heterocycles. The van der Waals surface area contributed by atoms with E-state index in [0.717, 1.165) is 26.9 Å². The number of carboxylic acids is 1. The summed E-state index contributed by atoms with van der Waals surface area (Å²) in [5, 5.41) is 9.51. The summed E-state index contributed by atoms with van der Waals surface area (Å²) in [5.74, 6) is -0.935. The van der Waals surface area contributed by atoms with Crippen molar-refractivity contribution in [2.24, 2.45) is 0 Å². The molecule has 3 nitrogen and oxygen atoms in total. The van der Waals surface area contributed by atoms with E-state index in [-0.39, 0.29) is 0 Å². The lowest BCUT2D eigenvalue weighted by molar-refractivity contribution is -0.131. The Balaban J connectivity index is 2.42. The van der Waals surface area contributed by atoms with Crippen molar-refractivity contribution in [3.63, 3.8) is 0 Å². The summed E-state index contributed by atoms with van der Waals surface area (Å²) < 4.78 is 1.08. The van der Waals surface area contributed by atoms with Crippen molar-refractivity contribution in [1.82, 2.24) is 4.98 Å². The molecule has 0 atom stereocenters. The molecule has 76 valence electrons. The van der Waals surface area contributed by atoms with Crippen LogP contribution in [0.15, 0.2) is 24.3 Å². The summed E-state index contributed by atoms with van der Waals surface area (Å²) in [4.78, 5) is 14.7. The zero-order valence-electron chi connectivity index (χ0n) is 8.10. The Kier molecular flexibility index (Phi) is 2.51. The Hall–Kier alpha value is -1.68. The lowest BCUT2D eigenvalue weighted by atomic mass is 10.2. The molecule has 15 heavy (non-hydrogen) atoms. The quantitative estimate of drug-likeness (QED) is 0.790. The van der Waals surface area contributed by atoms with Crippen LogP contribution in [0, 0.1) is 6.92 Å². The average molecular weight is 219 g/mol. The van der Waals surface area contributed by atoms with Crippen LogP contribution >= 0.6 is 11.3 Å². The molecule has 0 fully saturated rings. The van der Waals surface area contributed by atoms with E-state index in [1.165, 1.54) is 0 Å². The first-order chi connectivity index (χ1) is 7.15. The van der Waals surface area contributed by atoms with Gasteiger partial charge in [-0.25, -0.2) is 9.78 Å². The van der Waals surface area contributed by atoms with E-state index >= 15 is 0 Å². The van der Waals surface area contributed by atoms with Crippen LogP contribution in [0.1, 0.15) is 10.6 Å². The summed E-state index contributed by atoms with van der Waals surface area (Å²) in [6, 6.07) is 5.71. The van der Waals surface area contributed by atoms with Crippen LogP contribution in [-0.2, 0) is 4.79 Å². The first kappa shape index (κ1) is 9.86. The smallest absolute Gasteiger partial charge is 0.328 e. The van der Waals surface area contributed by atoms with Crippen molar-refractivity contribution in [2.45, 2.75) is 6.92 Å². The van der Waals surface area contributed by atoms with E-state index in [4.69, 9.17) is 5.11 Å². The lowest BCUT2D eigenvalue weighted by Crippen LogP contribution is -1.85. The fourth-order valence-electron chi connectivity index (χ4n) is 1.33. The molecule has 1 aromatic carbocycles. The molecule has 0 aliphatic rings. The van der Waals surface area contributed by atoms with Gasteiger partial charge >= 0.3 is 5.97 Å². The predicted molar refractivity (Wildman–Crippen MR) is 61.0 cm³/mol. The van der Waals surface area contributed by atoms with Crippen molar-refractivity contribution in [3.8, 4) is 0 Å². The molecule has 1 aromatic heterocycles. The molecule has 4 heteroatoms. The van der Waals surface area contributed by atoms with Crippen molar-refractivity contribution >= 4 is 33.6 Å². The van der Waals surface area contributed by atoms with Gasteiger partial charge in [-0.1, -0.05) is 6.07 Å². The molecule has 2 aromatic rings. The maximum Gasteiger partial charge on any atom is 0.328 e. The first-order valence-electron chi connectivity index (χ1n) is 4.43. The number of rotatable bonds is 2. The summed E-state index contributed by atoms with van der Waals surface area (Å²) in [6.45, 7) is 1.96. The minimum atomic E-state index is -0.935. The fourth-order valence-corrected chi connectivity index (χ4v) is 2.20. The minimum Gasteiger partial charge on any atom is -0.478 e. The highest BCUT2D eigenvalue weighted by atomic mass is 32.1. The predicted octanol–water partition coefficient (Wildman–Crippen LogP) is 2.70. The molecule has 0 saturated carbocycles. The molecule has 0 aliphatic carbocycles. The van der Waals surface area contributed by atoms with Gasteiger partial charge in [0.25, 0.3) is 0 Å². The maximum atomic E-state index is 10.3. The second kappa shape index (κ2) is 3.82. The number of hydrogen-bond donors (Lipinski definition) is 1. The zero-order valence-corrected chi connectivity index (χ0v) is 8.91. The Bertz CT molecular complexity index is 543. The largest absolute Gasteiger partial charge is 0.478 e. The minimum absolute atomic E-state index is 0.883. The summed E-state index contributed by atoms with van der Waals surface area (Å²) >= 11 is 1.61. The molecule has 0 spiro atoms. The van der Waals surface area contributed by atoms with Crippen LogP contribution in [0.4, 0.5) is 0 Å². The topological polar surface area (TPSA) is 50.2 Å².